The number of likely N-dealkylation sites (tertiary alicyclic amines) is 1. The van der Waals surface area contributed by atoms with Gasteiger partial charge in [-0.05, 0) is 24.1 Å². The number of hydrogen-bond donors (Lipinski definition) is 1. The molecule has 22 heavy (non-hydrogen) atoms. The standard InChI is InChI=1S/C17H17FN2O2/c1-17(12-2-4-13(18)5-3-12)7-9-20(11-17)16(22)15-10-14(21)6-8-19-15/h2-6,8,10H,7,9,11H2,1H3,(H,19,21). The van der Waals surface area contributed by atoms with Crippen molar-refractivity contribution in [3.05, 3.63) is 69.9 Å². The fraction of sp³-hybridized carbons (Fsp3) is 0.294. The van der Waals surface area contributed by atoms with Gasteiger partial charge in [0, 0.05) is 36.8 Å². The minimum absolute atomic E-state index is 0.177. The predicted octanol–water partition coefficient (Wildman–Crippen LogP) is 2.32. The van der Waals surface area contributed by atoms with E-state index in [1.807, 2.05) is 0 Å². The molecule has 2 aromatic rings. The van der Waals surface area contributed by atoms with Crippen molar-refractivity contribution >= 4 is 5.91 Å². The summed E-state index contributed by atoms with van der Waals surface area (Å²) in [6.07, 6.45) is 2.28. The van der Waals surface area contributed by atoms with Gasteiger partial charge in [-0.2, -0.15) is 0 Å². The van der Waals surface area contributed by atoms with Crippen LogP contribution < -0.4 is 5.43 Å². The predicted molar refractivity (Wildman–Crippen MR) is 81.3 cm³/mol. The monoisotopic (exact) mass is 300 g/mol. The van der Waals surface area contributed by atoms with Crippen LogP contribution >= 0.6 is 0 Å². The lowest BCUT2D eigenvalue weighted by Gasteiger charge is -2.25. The highest BCUT2D eigenvalue weighted by atomic mass is 19.1. The van der Waals surface area contributed by atoms with Crippen molar-refractivity contribution in [3.8, 4) is 0 Å². The Kier molecular flexibility index (Phi) is 3.56. The van der Waals surface area contributed by atoms with Gasteiger partial charge in [0.1, 0.15) is 11.5 Å². The number of nitrogens with zero attached hydrogens (tertiary/aromatic N) is 1. The number of H-pyrrole nitrogens is 1. The summed E-state index contributed by atoms with van der Waals surface area (Å²) in [6, 6.07) is 9.13. The van der Waals surface area contributed by atoms with Crippen molar-refractivity contribution in [1.29, 1.82) is 0 Å². The van der Waals surface area contributed by atoms with Crippen LogP contribution in [0.3, 0.4) is 0 Å². The van der Waals surface area contributed by atoms with Crippen LogP contribution in [0.5, 0.6) is 0 Å². The van der Waals surface area contributed by atoms with Crippen molar-refractivity contribution in [3.63, 3.8) is 0 Å². The number of hydrogen-bond acceptors (Lipinski definition) is 2. The van der Waals surface area contributed by atoms with Crippen LogP contribution in [0.25, 0.3) is 0 Å². The molecule has 1 saturated heterocycles. The molecule has 2 heterocycles. The Morgan fingerprint density at radius 3 is 2.68 bits per heavy atom. The fourth-order valence-electron chi connectivity index (χ4n) is 2.96. The molecule has 4 nitrogen and oxygen atoms in total. The Hall–Kier alpha value is -2.43. The minimum Gasteiger partial charge on any atom is -0.357 e. The van der Waals surface area contributed by atoms with Gasteiger partial charge in [-0.25, -0.2) is 4.39 Å². The van der Waals surface area contributed by atoms with Crippen LogP contribution in [0.4, 0.5) is 4.39 Å². The van der Waals surface area contributed by atoms with Crippen LogP contribution in [0.2, 0.25) is 0 Å². The lowest BCUT2D eigenvalue weighted by molar-refractivity contribution is 0.0779. The van der Waals surface area contributed by atoms with E-state index in [-0.39, 0.29) is 22.6 Å². The van der Waals surface area contributed by atoms with Gasteiger partial charge < -0.3 is 9.88 Å². The number of carbonyl (C=O) groups excluding carboxylic acids is 1. The summed E-state index contributed by atoms with van der Waals surface area (Å²) in [4.78, 5) is 28.4. The third kappa shape index (κ3) is 2.66. The van der Waals surface area contributed by atoms with Crippen molar-refractivity contribution < 1.29 is 9.18 Å². The van der Waals surface area contributed by atoms with E-state index in [9.17, 15) is 14.0 Å². The summed E-state index contributed by atoms with van der Waals surface area (Å²) in [5.41, 5.74) is 0.933. The Bertz CT molecular complexity index is 754. The third-order valence-electron chi connectivity index (χ3n) is 4.31. The largest absolute Gasteiger partial charge is 0.357 e. The molecule has 0 saturated carbocycles. The normalized spacial score (nSPS) is 21.1. The average molecular weight is 300 g/mol. The summed E-state index contributed by atoms with van der Waals surface area (Å²) >= 11 is 0. The number of pyridine rings is 1. The molecule has 0 aliphatic carbocycles. The molecule has 114 valence electrons. The van der Waals surface area contributed by atoms with E-state index in [4.69, 9.17) is 0 Å². The molecular weight excluding hydrogens is 283 g/mol. The topological polar surface area (TPSA) is 53.2 Å². The van der Waals surface area contributed by atoms with Crippen molar-refractivity contribution in [2.75, 3.05) is 13.1 Å². The average Bonchev–Trinajstić information content (AvgIpc) is 2.91. The maximum atomic E-state index is 13.1. The van der Waals surface area contributed by atoms with E-state index >= 15 is 0 Å². The quantitative estimate of drug-likeness (QED) is 0.925. The Morgan fingerprint density at radius 1 is 1.27 bits per heavy atom. The second kappa shape index (κ2) is 5.40. The molecule has 1 aromatic heterocycles. The number of halogens is 1. The molecule has 5 heteroatoms. The van der Waals surface area contributed by atoms with E-state index in [0.29, 0.717) is 18.8 Å². The highest BCUT2D eigenvalue weighted by molar-refractivity contribution is 5.92. The molecule has 0 bridgehead atoms. The molecule has 0 spiro atoms. The zero-order valence-electron chi connectivity index (χ0n) is 12.3. The van der Waals surface area contributed by atoms with Crippen molar-refractivity contribution in [2.24, 2.45) is 0 Å². The van der Waals surface area contributed by atoms with E-state index in [0.717, 1.165) is 12.0 Å². The van der Waals surface area contributed by atoms with Gasteiger partial charge in [0.05, 0.1) is 0 Å². The lowest BCUT2D eigenvalue weighted by atomic mass is 9.82. The van der Waals surface area contributed by atoms with Crippen molar-refractivity contribution in [2.45, 2.75) is 18.8 Å². The molecule has 1 unspecified atom stereocenters. The van der Waals surface area contributed by atoms with Crippen molar-refractivity contribution in [1.82, 2.24) is 9.88 Å². The number of carbonyl (C=O) groups is 1. The minimum atomic E-state index is -0.264. The Labute approximate surface area is 127 Å². The maximum Gasteiger partial charge on any atom is 0.270 e. The molecule has 1 aliphatic heterocycles. The Morgan fingerprint density at radius 2 is 2.00 bits per heavy atom. The van der Waals surface area contributed by atoms with E-state index in [1.165, 1.54) is 30.5 Å². The smallest absolute Gasteiger partial charge is 0.270 e. The highest BCUT2D eigenvalue weighted by Crippen LogP contribution is 2.34. The molecule has 1 aromatic carbocycles. The molecule has 1 N–H and O–H groups in total. The number of nitrogens with one attached hydrogen (secondary N) is 1. The first-order valence-electron chi connectivity index (χ1n) is 7.22. The highest BCUT2D eigenvalue weighted by Gasteiger charge is 2.37. The van der Waals surface area contributed by atoms with Gasteiger partial charge >= 0.3 is 0 Å². The first-order chi connectivity index (χ1) is 10.5. The van der Waals surface area contributed by atoms with E-state index < -0.39 is 0 Å². The zero-order chi connectivity index (χ0) is 15.7. The molecule has 1 fully saturated rings. The molecule has 1 amide bonds. The maximum absolute atomic E-state index is 13.1. The molecular formula is C17H17FN2O2. The van der Waals surface area contributed by atoms with E-state index in [2.05, 4.69) is 11.9 Å². The SMILES string of the molecule is CC1(c2ccc(F)cc2)CCN(C(=O)c2cc(=O)cc[nH]2)C1. The third-order valence-corrected chi connectivity index (χ3v) is 4.31. The van der Waals surface area contributed by atoms with Gasteiger partial charge in [0.25, 0.3) is 5.91 Å². The van der Waals surface area contributed by atoms with Gasteiger partial charge in [-0.1, -0.05) is 19.1 Å². The van der Waals surface area contributed by atoms with E-state index in [1.54, 1.807) is 17.0 Å². The van der Waals surface area contributed by atoms with Crippen LogP contribution in [0.15, 0.2) is 47.4 Å². The number of aromatic nitrogens is 1. The molecule has 3 rings (SSSR count). The zero-order valence-corrected chi connectivity index (χ0v) is 12.3. The van der Waals surface area contributed by atoms with Gasteiger partial charge in [0.15, 0.2) is 5.43 Å². The van der Waals surface area contributed by atoms with Crippen LogP contribution in [0, 0.1) is 5.82 Å². The number of amides is 1. The molecule has 1 aliphatic rings. The fourth-order valence-corrected chi connectivity index (χ4v) is 2.96. The second-order valence-corrected chi connectivity index (χ2v) is 5.98. The second-order valence-electron chi connectivity index (χ2n) is 5.98. The number of rotatable bonds is 2. The van der Waals surface area contributed by atoms with Crippen LogP contribution in [-0.2, 0) is 5.41 Å². The summed E-state index contributed by atoms with van der Waals surface area (Å²) in [5, 5.41) is 0. The van der Waals surface area contributed by atoms with Gasteiger partial charge in [0.2, 0.25) is 0 Å². The van der Waals surface area contributed by atoms with Gasteiger partial charge in [-0.3, -0.25) is 9.59 Å². The van der Waals surface area contributed by atoms with Crippen LogP contribution in [0.1, 0.15) is 29.4 Å². The van der Waals surface area contributed by atoms with Crippen LogP contribution in [-0.4, -0.2) is 28.9 Å². The molecule has 1 atom stereocenters. The number of aromatic amines is 1. The lowest BCUT2D eigenvalue weighted by Crippen LogP contribution is -2.33. The Balaban J connectivity index is 1.81. The first kappa shape index (κ1) is 14.5. The molecule has 0 radical (unpaired) electrons. The summed E-state index contributed by atoms with van der Waals surface area (Å²) < 4.78 is 13.1. The summed E-state index contributed by atoms with van der Waals surface area (Å²) in [6.45, 7) is 3.24. The van der Waals surface area contributed by atoms with Gasteiger partial charge in [-0.15, -0.1) is 0 Å². The summed E-state index contributed by atoms with van der Waals surface area (Å²) in [5.74, 6) is -0.441. The first-order valence-corrected chi connectivity index (χ1v) is 7.22. The summed E-state index contributed by atoms with van der Waals surface area (Å²) in [7, 11) is 0. The number of benzene rings is 1.